The molecule has 0 fully saturated rings. The lowest BCUT2D eigenvalue weighted by atomic mass is 9.93. The van der Waals surface area contributed by atoms with Gasteiger partial charge in [0.05, 0.1) is 23.7 Å². The number of amidine groups is 1. The topological polar surface area (TPSA) is 83.5 Å². The quantitative estimate of drug-likeness (QED) is 0.307. The van der Waals surface area contributed by atoms with Crippen LogP contribution in [-0.4, -0.2) is 60.6 Å². The number of amides is 1. The number of benzene rings is 2. The minimum atomic E-state index is -0.536. The summed E-state index contributed by atoms with van der Waals surface area (Å²) in [6.45, 7) is 7.27. The van der Waals surface area contributed by atoms with Crippen molar-refractivity contribution in [3.05, 3.63) is 101 Å². The Morgan fingerprint density at radius 2 is 1.97 bits per heavy atom. The number of nitrogens with one attached hydrogen (secondary N) is 1. The molecule has 2 aromatic carbocycles. The zero-order valence-corrected chi connectivity index (χ0v) is 23.4. The van der Waals surface area contributed by atoms with Gasteiger partial charge in [0.2, 0.25) is 5.91 Å². The highest BCUT2D eigenvalue weighted by atomic mass is 32.2. The summed E-state index contributed by atoms with van der Waals surface area (Å²) < 4.78 is 11.6. The van der Waals surface area contributed by atoms with Gasteiger partial charge in [-0.15, -0.1) is 0 Å². The molecule has 0 radical (unpaired) electrons. The molecule has 0 aromatic heterocycles. The van der Waals surface area contributed by atoms with E-state index in [9.17, 15) is 9.59 Å². The van der Waals surface area contributed by atoms with Crippen LogP contribution in [0.5, 0.6) is 5.75 Å². The van der Waals surface area contributed by atoms with Crippen molar-refractivity contribution in [2.24, 2.45) is 4.99 Å². The second kappa shape index (κ2) is 13.3. The van der Waals surface area contributed by atoms with Crippen molar-refractivity contribution in [2.45, 2.75) is 26.0 Å². The van der Waals surface area contributed by atoms with Gasteiger partial charge in [-0.2, -0.15) is 0 Å². The molecular formula is C30H34N4O4S. The van der Waals surface area contributed by atoms with Crippen molar-refractivity contribution in [1.82, 2.24) is 15.1 Å². The zero-order valence-electron chi connectivity index (χ0n) is 22.6. The largest absolute Gasteiger partial charge is 0.489 e. The summed E-state index contributed by atoms with van der Waals surface area (Å²) in [4.78, 5) is 34.8. The number of aliphatic imine (C=N–C) groups is 1. The van der Waals surface area contributed by atoms with Gasteiger partial charge < -0.3 is 24.6 Å². The number of hydrogen-bond donors (Lipinski definition) is 1. The van der Waals surface area contributed by atoms with Gasteiger partial charge in [0, 0.05) is 18.8 Å². The van der Waals surface area contributed by atoms with Gasteiger partial charge in [0.25, 0.3) is 0 Å². The van der Waals surface area contributed by atoms with E-state index in [1.165, 1.54) is 17.8 Å². The molecule has 0 saturated heterocycles. The number of carbonyl (C=O) groups is 2. The Bertz CT molecular complexity index is 1300. The number of carbonyl (C=O) groups excluding carboxylic acids is 2. The Morgan fingerprint density at radius 1 is 1.18 bits per heavy atom. The SMILES string of the molecule is C=CCOC(=O)C1=C(C)N=C2SC=C(CC(=O)NCCN(C)C)N2[C@@H]1c1cccc(OCc2ccccc2)c1. The second-order valence-corrected chi connectivity index (χ2v) is 10.3. The van der Waals surface area contributed by atoms with Crippen molar-refractivity contribution in [3.63, 3.8) is 0 Å². The van der Waals surface area contributed by atoms with Crippen LogP contribution in [0, 0.1) is 0 Å². The Hall–Kier alpha value is -3.82. The molecule has 0 unspecified atom stereocenters. The number of esters is 1. The molecule has 2 aromatic rings. The average Bonchev–Trinajstić information content (AvgIpc) is 3.31. The summed E-state index contributed by atoms with van der Waals surface area (Å²) in [6.07, 6.45) is 1.70. The van der Waals surface area contributed by atoms with E-state index in [4.69, 9.17) is 14.5 Å². The lowest BCUT2D eigenvalue weighted by Gasteiger charge is -2.36. The molecule has 4 rings (SSSR count). The second-order valence-electron chi connectivity index (χ2n) is 9.46. The van der Waals surface area contributed by atoms with Crippen LogP contribution in [0.15, 0.2) is 94.6 Å². The van der Waals surface area contributed by atoms with Crippen molar-refractivity contribution >= 4 is 28.8 Å². The number of rotatable bonds is 12. The Labute approximate surface area is 234 Å². The first-order valence-electron chi connectivity index (χ1n) is 12.8. The molecule has 8 nitrogen and oxygen atoms in total. The van der Waals surface area contributed by atoms with Crippen LogP contribution in [-0.2, 0) is 20.9 Å². The molecule has 0 spiro atoms. The van der Waals surface area contributed by atoms with Gasteiger partial charge in [-0.1, -0.05) is 66.9 Å². The number of fused-ring (bicyclic) bond motifs is 1. The van der Waals surface area contributed by atoms with Gasteiger partial charge in [-0.3, -0.25) is 4.79 Å². The highest BCUT2D eigenvalue weighted by Crippen LogP contribution is 2.45. The molecule has 0 saturated carbocycles. The van der Waals surface area contributed by atoms with Gasteiger partial charge >= 0.3 is 5.97 Å². The monoisotopic (exact) mass is 546 g/mol. The summed E-state index contributed by atoms with van der Waals surface area (Å²) in [5, 5.41) is 5.61. The van der Waals surface area contributed by atoms with Crippen LogP contribution in [0.2, 0.25) is 0 Å². The van der Waals surface area contributed by atoms with E-state index in [-0.39, 0.29) is 18.9 Å². The maximum Gasteiger partial charge on any atom is 0.338 e. The molecule has 2 aliphatic rings. The molecule has 1 N–H and O–H groups in total. The van der Waals surface area contributed by atoms with E-state index in [2.05, 4.69) is 11.9 Å². The summed E-state index contributed by atoms with van der Waals surface area (Å²) in [5.41, 5.74) is 3.65. The first kappa shape index (κ1) is 28.2. The van der Waals surface area contributed by atoms with E-state index in [0.29, 0.717) is 35.3 Å². The molecule has 0 bridgehead atoms. The molecule has 39 heavy (non-hydrogen) atoms. The van der Waals surface area contributed by atoms with Crippen LogP contribution in [0.1, 0.15) is 30.5 Å². The fraction of sp³-hybridized carbons (Fsp3) is 0.300. The highest BCUT2D eigenvalue weighted by Gasteiger charge is 2.41. The number of nitrogens with zero attached hydrogens (tertiary/aromatic N) is 3. The van der Waals surface area contributed by atoms with Crippen LogP contribution < -0.4 is 10.1 Å². The van der Waals surface area contributed by atoms with Crippen molar-refractivity contribution in [2.75, 3.05) is 33.8 Å². The minimum Gasteiger partial charge on any atom is -0.489 e. The van der Waals surface area contributed by atoms with Crippen LogP contribution >= 0.6 is 11.8 Å². The first-order valence-corrected chi connectivity index (χ1v) is 13.7. The van der Waals surface area contributed by atoms with Crippen molar-refractivity contribution in [1.29, 1.82) is 0 Å². The lowest BCUT2D eigenvalue weighted by Crippen LogP contribution is -2.38. The highest BCUT2D eigenvalue weighted by molar-refractivity contribution is 8.16. The van der Waals surface area contributed by atoms with E-state index < -0.39 is 12.0 Å². The lowest BCUT2D eigenvalue weighted by molar-refractivity contribution is -0.138. The Morgan fingerprint density at radius 3 is 2.72 bits per heavy atom. The molecule has 1 amide bonds. The molecule has 204 valence electrons. The van der Waals surface area contributed by atoms with Crippen LogP contribution in [0.3, 0.4) is 0 Å². The van der Waals surface area contributed by atoms with Crippen LogP contribution in [0.4, 0.5) is 0 Å². The predicted molar refractivity (Wildman–Crippen MR) is 155 cm³/mol. The summed E-state index contributed by atoms with van der Waals surface area (Å²) >= 11 is 1.44. The summed E-state index contributed by atoms with van der Waals surface area (Å²) in [6, 6.07) is 17.1. The van der Waals surface area contributed by atoms with Crippen molar-refractivity contribution < 1.29 is 19.1 Å². The van der Waals surface area contributed by atoms with Crippen molar-refractivity contribution in [3.8, 4) is 5.75 Å². The van der Waals surface area contributed by atoms with E-state index in [1.807, 2.05) is 90.8 Å². The molecule has 0 aliphatic carbocycles. The number of thioether (sulfide) groups is 1. The molecule has 1 atom stereocenters. The Kier molecular flexibility index (Phi) is 9.62. The fourth-order valence-corrected chi connectivity index (χ4v) is 5.28. The van der Waals surface area contributed by atoms with E-state index in [1.54, 1.807) is 0 Å². The number of hydrogen-bond acceptors (Lipinski definition) is 8. The third-order valence-electron chi connectivity index (χ3n) is 6.20. The van der Waals surface area contributed by atoms with E-state index >= 15 is 0 Å². The number of allylic oxidation sites excluding steroid dienone is 1. The Balaban J connectivity index is 1.63. The van der Waals surface area contributed by atoms with Gasteiger partial charge in [-0.25, -0.2) is 9.79 Å². The maximum absolute atomic E-state index is 13.3. The van der Waals surface area contributed by atoms with Gasteiger partial charge in [-0.05, 0) is 49.7 Å². The van der Waals surface area contributed by atoms with Crippen LogP contribution in [0.25, 0.3) is 0 Å². The smallest absolute Gasteiger partial charge is 0.338 e. The normalized spacial score (nSPS) is 16.4. The third kappa shape index (κ3) is 7.19. The fourth-order valence-electron chi connectivity index (χ4n) is 4.32. The summed E-state index contributed by atoms with van der Waals surface area (Å²) in [5.74, 6) is 0.115. The summed E-state index contributed by atoms with van der Waals surface area (Å²) in [7, 11) is 3.92. The molecule has 2 heterocycles. The first-order chi connectivity index (χ1) is 18.9. The van der Waals surface area contributed by atoms with E-state index in [0.717, 1.165) is 23.4 Å². The van der Waals surface area contributed by atoms with Gasteiger partial charge in [0.1, 0.15) is 19.0 Å². The predicted octanol–water partition coefficient (Wildman–Crippen LogP) is 4.64. The minimum absolute atomic E-state index is 0.0882. The third-order valence-corrected chi connectivity index (χ3v) is 7.09. The maximum atomic E-state index is 13.3. The van der Waals surface area contributed by atoms with Gasteiger partial charge in [0.15, 0.2) is 5.17 Å². The molecule has 9 heteroatoms. The average molecular weight is 547 g/mol. The number of ether oxygens (including phenoxy) is 2. The molecular weight excluding hydrogens is 512 g/mol. The standard InChI is InChI=1S/C30H34N4O4S/c1-5-16-37-29(36)27-21(2)32-30-34(24(20-39-30)18-26(35)31-14-15-33(3)4)28(27)23-12-9-13-25(17-23)38-19-22-10-7-6-8-11-22/h5-13,17,20,28H,1,14-16,18-19H2,2-4H3,(H,31,35)/t28-/m1/s1. The molecule has 2 aliphatic heterocycles. The zero-order chi connectivity index (χ0) is 27.8. The number of likely N-dealkylation sites (N-methyl/N-ethyl adjacent to an activating group) is 1.